The Morgan fingerprint density at radius 3 is 2.39 bits per heavy atom. The zero-order valence-corrected chi connectivity index (χ0v) is 16.1. The molecular weight excluding hydrogens is 409 g/mol. The molecule has 1 aliphatic rings. The number of ether oxygens (including phenoxy) is 1. The molecule has 0 saturated heterocycles. The van der Waals surface area contributed by atoms with Gasteiger partial charge in [0.2, 0.25) is 0 Å². The molecular formula is C24H17F3O4. The second-order valence-corrected chi connectivity index (χ2v) is 7.18. The number of aliphatic hydroxyl groups excluding tert-OH is 1. The lowest BCUT2D eigenvalue weighted by Crippen LogP contribution is -2.13. The maximum atomic E-state index is 13.2. The quantitative estimate of drug-likeness (QED) is 0.539. The van der Waals surface area contributed by atoms with Gasteiger partial charge in [0.25, 0.3) is 0 Å². The maximum Gasteiger partial charge on any atom is 0.416 e. The molecule has 3 aromatic rings. The molecule has 4 nitrogen and oxygen atoms in total. The summed E-state index contributed by atoms with van der Waals surface area (Å²) in [4.78, 5) is 11.6. The van der Waals surface area contributed by atoms with Crippen LogP contribution in [0.2, 0.25) is 0 Å². The summed E-state index contributed by atoms with van der Waals surface area (Å²) >= 11 is 0. The van der Waals surface area contributed by atoms with Gasteiger partial charge in [-0.1, -0.05) is 36.4 Å². The standard InChI is InChI=1S/C24H17F3O4/c25-24(26,27)17-7-9-18(23(29)30)20(12-17)15-6-8-19-21(11-15)31-13-16(22(19)28)10-14-4-2-1-3-5-14/h1-9,11-12,28H,10,13H2,(H,29,30). The first kappa shape index (κ1) is 20.5. The fraction of sp³-hybridized carbons (Fsp3) is 0.125. The van der Waals surface area contributed by atoms with Gasteiger partial charge >= 0.3 is 12.1 Å². The SMILES string of the molecule is O=C(O)c1ccc(C(F)(F)F)cc1-c1ccc2c(c1)OCC(Cc1ccccc1)=C2O. The summed E-state index contributed by atoms with van der Waals surface area (Å²) in [5, 5.41) is 20.1. The van der Waals surface area contributed by atoms with Crippen molar-refractivity contribution in [1.29, 1.82) is 0 Å². The highest BCUT2D eigenvalue weighted by molar-refractivity contribution is 5.96. The Kier molecular flexibility index (Phi) is 5.19. The van der Waals surface area contributed by atoms with Crippen molar-refractivity contribution in [3.63, 3.8) is 0 Å². The summed E-state index contributed by atoms with van der Waals surface area (Å²) in [6.07, 6.45) is -4.12. The minimum absolute atomic E-state index is 0.0548. The lowest BCUT2D eigenvalue weighted by atomic mass is 9.93. The number of aromatic carboxylic acids is 1. The van der Waals surface area contributed by atoms with Gasteiger partial charge in [-0.15, -0.1) is 0 Å². The number of carboxylic acid groups (broad SMARTS) is 1. The zero-order valence-electron chi connectivity index (χ0n) is 16.1. The Hall–Kier alpha value is -3.74. The third-order valence-electron chi connectivity index (χ3n) is 5.12. The molecule has 0 unspecified atom stereocenters. The first-order valence-electron chi connectivity index (χ1n) is 9.41. The molecule has 3 aromatic carbocycles. The second-order valence-electron chi connectivity index (χ2n) is 7.18. The summed E-state index contributed by atoms with van der Waals surface area (Å²) < 4.78 is 45.2. The highest BCUT2D eigenvalue weighted by Crippen LogP contribution is 2.39. The zero-order chi connectivity index (χ0) is 22.2. The first-order chi connectivity index (χ1) is 14.7. The van der Waals surface area contributed by atoms with Crippen LogP contribution in [0, 0.1) is 0 Å². The van der Waals surface area contributed by atoms with E-state index in [1.165, 1.54) is 18.2 Å². The van der Waals surface area contributed by atoms with Gasteiger partial charge in [0.15, 0.2) is 0 Å². The van der Waals surface area contributed by atoms with Crippen LogP contribution >= 0.6 is 0 Å². The van der Waals surface area contributed by atoms with Crippen LogP contribution in [-0.4, -0.2) is 22.8 Å². The summed E-state index contributed by atoms with van der Waals surface area (Å²) in [6, 6.07) is 16.5. The Morgan fingerprint density at radius 2 is 1.71 bits per heavy atom. The molecule has 7 heteroatoms. The van der Waals surface area contributed by atoms with E-state index < -0.39 is 17.7 Å². The number of alkyl halides is 3. The molecule has 0 fully saturated rings. The van der Waals surface area contributed by atoms with Gasteiger partial charge in [0, 0.05) is 12.0 Å². The number of hydrogen-bond donors (Lipinski definition) is 2. The predicted octanol–water partition coefficient (Wildman–Crippen LogP) is 5.97. The van der Waals surface area contributed by atoms with Gasteiger partial charge in [-0.05, 0) is 47.0 Å². The Morgan fingerprint density at radius 1 is 0.968 bits per heavy atom. The van der Waals surface area contributed by atoms with E-state index in [-0.39, 0.29) is 34.8 Å². The van der Waals surface area contributed by atoms with Crippen LogP contribution in [0.1, 0.15) is 27.0 Å². The molecule has 31 heavy (non-hydrogen) atoms. The highest BCUT2D eigenvalue weighted by atomic mass is 19.4. The Balaban J connectivity index is 1.74. The van der Waals surface area contributed by atoms with E-state index in [0.29, 0.717) is 17.6 Å². The normalized spacial score (nSPS) is 13.5. The molecule has 0 aliphatic carbocycles. The molecule has 0 radical (unpaired) electrons. The smallest absolute Gasteiger partial charge is 0.416 e. The number of aliphatic hydroxyl groups is 1. The van der Waals surface area contributed by atoms with Gasteiger partial charge in [0.05, 0.1) is 16.7 Å². The van der Waals surface area contributed by atoms with Crippen LogP contribution in [-0.2, 0) is 12.6 Å². The average Bonchev–Trinajstić information content (AvgIpc) is 2.75. The van der Waals surface area contributed by atoms with Crippen molar-refractivity contribution in [3.8, 4) is 16.9 Å². The molecule has 158 valence electrons. The van der Waals surface area contributed by atoms with Crippen LogP contribution in [0.25, 0.3) is 16.9 Å². The van der Waals surface area contributed by atoms with Crippen molar-refractivity contribution in [1.82, 2.24) is 0 Å². The van der Waals surface area contributed by atoms with E-state index in [9.17, 15) is 28.2 Å². The van der Waals surface area contributed by atoms with Crippen LogP contribution in [0.15, 0.2) is 72.3 Å². The van der Waals surface area contributed by atoms with Crippen LogP contribution in [0.3, 0.4) is 0 Å². The number of benzene rings is 3. The molecule has 2 N–H and O–H groups in total. The lowest BCUT2D eigenvalue weighted by Gasteiger charge is -2.22. The average molecular weight is 426 g/mol. The number of halogens is 3. The molecule has 0 saturated carbocycles. The minimum Gasteiger partial charge on any atom is -0.507 e. The van der Waals surface area contributed by atoms with Crippen LogP contribution in [0.4, 0.5) is 13.2 Å². The second kappa shape index (κ2) is 7.83. The van der Waals surface area contributed by atoms with E-state index in [0.717, 1.165) is 23.8 Å². The van der Waals surface area contributed by atoms with E-state index in [2.05, 4.69) is 0 Å². The van der Waals surface area contributed by atoms with Crippen LogP contribution < -0.4 is 4.74 Å². The number of hydrogen-bond acceptors (Lipinski definition) is 3. The largest absolute Gasteiger partial charge is 0.507 e. The molecule has 1 aliphatic heterocycles. The Bertz CT molecular complexity index is 1180. The first-order valence-corrected chi connectivity index (χ1v) is 9.41. The van der Waals surface area contributed by atoms with Gasteiger partial charge in [-0.2, -0.15) is 13.2 Å². The van der Waals surface area contributed by atoms with Crippen molar-refractivity contribution in [2.24, 2.45) is 0 Å². The van der Waals surface area contributed by atoms with E-state index >= 15 is 0 Å². The maximum absolute atomic E-state index is 13.2. The number of rotatable bonds is 4. The minimum atomic E-state index is -4.61. The predicted molar refractivity (Wildman–Crippen MR) is 109 cm³/mol. The molecule has 4 rings (SSSR count). The monoisotopic (exact) mass is 426 g/mol. The summed E-state index contributed by atoms with van der Waals surface area (Å²) in [5.41, 5.74) is 1.06. The van der Waals surface area contributed by atoms with E-state index in [1.807, 2.05) is 30.3 Å². The number of carbonyl (C=O) groups is 1. The van der Waals surface area contributed by atoms with Gasteiger partial charge in [-0.25, -0.2) is 4.79 Å². The highest BCUT2D eigenvalue weighted by Gasteiger charge is 2.32. The molecule has 0 spiro atoms. The van der Waals surface area contributed by atoms with E-state index in [4.69, 9.17) is 4.74 Å². The fourth-order valence-electron chi connectivity index (χ4n) is 3.55. The fourth-order valence-corrected chi connectivity index (χ4v) is 3.55. The molecule has 0 atom stereocenters. The third kappa shape index (κ3) is 4.12. The van der Waals surface area contributed by atoms with Crippen LogP contribution in [0.5, 0.6) is 5.75 Å². The molecule has 1 heterocycles. The topological polar surface area (TPSA) is 66.8 Å². The molecule has 0 amide bonds. The van der Waals surface area contributed by atoms with Gasteiger partial charge in [-0.3, -0.25) is 0 Å². The summed E-state index contributed by atoms with van der Waals surface area (Å²) in [6.45, 7) is 0.117. The number of fused-ring (bicyclic) bond motifs is 1. The van der Waals surface area contributed by atoms with Crippen molar-refractivity contribution < 1.29 is 32.9 Å². The van der Waals surface area contributed by atoms with Crippen molar-refractivity contribution in [2.75, 3.05) is 6.61 Å². The summed E-state index contributed by atoms with van der Waals surface area (Å²) in [5.74, 6) is -1.00. The Labute approximate surface area is 175 Å². The van der Waals surface area contributed by atoms with Crippen molar-refractivity contribution in [3.05, 3.63) is 94.6 Å². The van der Waals surface area contributed by atoms with Gasteiger partial charge in [0.1, 0.15) is 18.1 Å². The van der Waals surface area contributed by atoms with E-state index in [1.54, 1.807) is 0 Å². The summed E-state index contributed by atoms with van der Waals surface area (Å²) in [7, 11) is 0. The number of carboxylic acids is 1. The third-order valence-corrected chi connectivity index (χ3v) is 5.12. The molecule has 0 aromatic heterocycles. The van der Waals surface area contributed by atoms with Gasteiger partial charge < -0.3 is 14.9 Å². The molecule has 0 bridgehead atoms. The lowest BCUT2D eigenvalue weighted by molar-refractivity contribution is -0.137. The van der Waals surface area contributed by atoms with Crippen molar-refractivity contribution in [2.45, 2.75) is 12.6 Å². The van der Waals surface area contributed by atoms with Crippen molar-refractivity contribution >= 4 is 11.7 Å².